The van der Waals surface area contributed by atoms with E-state index in [0.717, 1.165) is 32.6 Å². The largest absolute Gasteiger partial charge is 0.444 e. The normalized spacial score (nSPS) is 27.3. The molecule has 2 heterocycles. The lowest BCUT2D eigenvalue weighted by Crippen LogP contribution is -2.43. The van der Waals surface area contributed by atoms with Gasteiger partial charge in [-0.05, 0) is 53.1 Å². The van der Waals surface area contributed by atoms with Crippen LogP contribution in [0.2, 0.25) is 0 Å². The van der Waals surface area contributed by atoms with E-state index in [4.69, 9.17) is 4.74 Å². The van der Waals surface area contributed by atoms with Gasteiger partial charge in [-0.2, -0.15) is 0 Å². The topological polar surface area (TPSA) is 44.8 Å². The molecule has 0 radical (unpaired) electrons. The average molecular weight is 297 g/mol. The third-order valence-corrected chi connectivity index (χ3v) is 4.39. The molecule has 21 heavy (non-hydrogen) atoms. The number of nitrogens with zero attached hydrogens (tertiary/aromatic N) is 2. The molecule has 2 aliphatic rings. The predicted molar refractivity (Wildman–Crippen MR) is 84.5 cm³/mol. The first-order valence-electron chi connectivity index (χ1n) is 8.34. The molecule has 1 amide bonds. The van der Waals surface area contributed by atoms with Gasteiger partial charge in [-0.25, -0.2) is 4.79 Å². The molecule has 0 aromatic carbocycles. The van der Waals surface area contributed by atoms with Gasteiger partial charge in [-0.3, -0.25) is 4.90 Å². The van der Waals surface area contributed by atoms with Crippen molar-refractivity contribution >= 4 is 6.09 Å². The average Bonchev–Trinajstić information content (AvgIpc) is 3.03. The Hall–Kier alpha value is -0.810. The van der Waals surface area contributed by atoms with Crippen LogP contribution in [0.5, 0.6) is 0 Å². The number of likely N-dealkylation sites (tertiary alicyclic amines) is 2. The van der Waals surface area contributed by atoms with E-state index in [-0.39, 0.29) is 6.09 Å². The Morgan fingerprint density at radius 3 is 2.71 bits per heavy atom. The molecule has 2 saturated heterocycles. The molecule has 2 aliphatic heterocycles. The van der Waals surface area contributed by atoms with Crippen LogP contribution in [0, 0.1) is 0 Å². The van der Waals surface area contributed by atoms with Gasteiger partial charge < -0.3 is 15.0 Å². The molecular formula is C16H31N3O2. The Balaban J connectivity index is 1.71. The first-order valence-corrected chi connectivity index (χ1v) is 8.34. The number of amides is 1. The maximum Gasteiger partial charge on any atom is 0.410 e. The summed E-state index contributed by atoms with van der Waals surface area (Å²) in [4.78, 5) is 16.4. The monoisotopic (exact) mass is 297 g/mol. The number of carbonyl (C=O) groups excluding carboxylic acids is 1. The molecule has 0 saturated carbocycles. The van der Waals surface area contributed by atoms with Gasteiger partial charge in [0, 0.05) is 31.7 Å². The van der Waals surface area contributed by atoms with Gasteiger partial charge in [0.1, 0.15) is 5.60 Å². The summed E-state index contributed by atoms with van der Waals surface area (Å²) in [5, 5.41) is 3.64. The first-order chi connectivity index (χ1) is 9.89. The van der Waals surface area contributed by atoms with Gasteiger partial charge in [0.25, 0.3) is 0 Å². The fraction of sp³-hybridized carbons (Fsp3) is 0.938. The molecule has 2 unspecified atom stereocenters. The number of ether oxygens (including phenoxy) is 1. The highest BCUT2D eigenvalue weighted by atomic mass is 16.6. The Morgan fingerprint density at radius 1 is 1.29 bits per heavy atom. The molecule has 5 heteroatoms. The van der Waals surface area contributed by atoms with Gasteiger partial charge in [0.15, 0.2) is 0 Å². The van der Waals surface area contributed by atoms with Crippen LogP contribution in [0.4, 0.5) is 4.79 Å². The minimum Gasteiger partial charge on any atom is -0.444 e. The highest BCUT2D eigenvalue weighted by Gasteiger charge is 2.30. The van der Waals surface area contributed by atoms with E-state index in [2.05, 4.69) is 17.1 Å². The van der Waals surface area contributed by atoms with Crippen molar-refractivity contribution in [1.82, 2.24) is 15.1 Å². The third-order valence-electron chi connectivity index (χ3n) is 4.39. The van der Waals surface area contributed by atoms with E-state index in [1.165, 1.54) is 19.4 Å². The van der Waals surface area contributed by atoms with Gasteiger partial charge in [0.2, 0.25) is 0 Å². The van der Waals surface area contributed by atoms with Gasteiger partial charge >= 0.3 is 6.09 Å². The number of hydrogen-bond acceptors (Lipinski definition) is 4. The summed E-state index contributed by atoms with van der Waals surface area (Å²) in [6, 6.07) is 1.09. The Kier molecular flexibility index (Phi) is 5.49. The van der Waals surface area contributed by atoms with Crippen molar-refractivity contribution in [2.75, 3.05) is 32.7 Å². The van der Waals surface area contributed by atoms with E-state index in [1.54, 1.807) is 0 Å². The molecule has 0 aromatic rings. The third kappa shape index (κ3) is 4.85. The second kappa shape index (κ2) is 6.97. The summed E-state index contributed by atoms with van der Waals surface area (Å²) in [5.74, 6) is 0. The number of carbonyl (C=O) groups is 1. The van der Waals surface area contributed by atoms with E-state index in [1.807, 2.05) is 25.7 Å². The summed E-state index contributed by atoms with van der Waals surface area (Å²) < 4.78 is 5.43. The molecule has 2 atom stereocenters. The molecular weight excluding hydrogens is 266 g/mol. The Morgan fingerprint density at radius 2 is 2.05 bits per heavy atom. The first kappa shape index (κ1) is 16.6. The SMILES string of the molecule is CCN1CCCC1CNC1CCN(C(=O)OC(C)(C)C)C1. The van der Waals surface area contributed by atoms with Crippen LogP contribution in [0.1, 0.15) is 47.0 Å². The van der Waals surface area contributed by atoms with Crippen molar-refractivity contribution < 1.29 is 9.53 Å². The fourth-order valence-electron chi connectivity index (χ4n) is 3.26. The van der Waals surface area contributed by atoms with Crippen molar-refractivity contribution in [2.45, 2.75) is 64.6 Å². The second-order valence-electron chi connectivity index (χ2n) is 7.24. The van der Waals surface area contributed by atoms with E-state index in [0.29, 0.717) is 12.1 Å². The van der Waals surface area contributed by atoms with Gasteiger partial charge in [0.05, 0.1) is 0 Å². The molecule has 0 bridgehead atoms. The molecule has 0 aliphatic carbocycles. The lowest BCUT2D eigenvalue weighted by Gasteiger charge is -2.26. The van der Waals surface area contributed by atoms with Crippen LogP contribution in [-0.4, -0.2) is 66.3 Å². The van der Waals surface area contributed by atoms with Crippen molar-refractivity contribution in [2.24, 2.45) is 0 Å². The lowest BCUT2D eigenvalue weighted by atomic mass is 10.2. The zero-order valence-corrected chi connectivity index (χ0v) is 14.0. The van der Waals surface area contributed by atoms with Crippen LogP contribution < -0.4 is 5.32 Å². The smallest absolute Gasteiger partial charge is 0.410 e. The number of hydrogen-bond donors (Lipinski definition) is 1. The summed E-state index contributed by atoms with van der Waals surface area (Å²) >= 11 is 0. The lowest BCUT2D eigenvalue weighted by molar-refractivity contribution is 0.0291. The van der Waals surface area contributed by atoms with Crippen LogP contribution in [-0.2, 0) is 4.74 Å². The molecule has 1 N–H and O–H groups in total. The van der Waals surface area contributed by atoms with E-state index < -0.39 is 5.60 Å². The van der Waals surface area contributed by atoms with Crippen molar-refractivity contribution in [3.05, 3.63) is 0 Å². The quantitative estimate of drug-likeness (QED) is 0.863. The van der Waals surface area contributed by atoms with Crippen LogP contribution in [0.15, 0.2) is 0 Å². The molecule has 2 rings (SSSR count). The molecule has 0 spiro atoms. The standard InChI is InChI=1S/C16H31N3O2/c1-5-18-9-6-7-14(18)11-17-13-8-10-19(12-13)15(20)21-16(2,3)4/h13-14,17H,5-12H2,1-4H3. The van der Waals surface area contributed by atoms with Crippen molar-refractivity contribution in [3.63, 3.8) is 0 Å². The zero-order valence-electron chi connectivity index (χ0n) is 14.0. The molecule has 5 nitrogen and oxygen atoms in total. The number of likely N-dealkylation sites (N-methyl/N-ethyl adjacent to an activating group) is 1. The Labute approximate surface area is 129 Å². The van der Waals surface area contributed by atoms with Gasteiger partial charge in [-0.1, -0.05) is 6.92 Å². The van der Waals surface area contributed by atoms with Crippen LogP contribution in [0.3, 0.4) is 0 Å². The molecule has 2 fully saturated rings. The Bertz CT molecular complexity index is 354. The maximum atomic E-state index is 12.0. The summed E-state index contributed by atoms with van der Waals surface area (Å²) in [6.07, 6.45) is 3.46. The van der Waals surface area contributed by atoms with E-state index in [9.17, 15) is 4.79 Å². The second-order valence-corrected chi connectivity index (χ2v) is 7.24. The summed E-state index contributed by atoms with van der Waals surface area (Å²) in [6.45, 7) is 13.0. The highest BCUT2D eigenvalue weighted by molar-refractivity contribution is 5.68. The zero-order chi connectivity index (χ0) is 15.5. The maximum absolute atomic E-state index is 12.0. The number of nitrogens with one attached hydrogen (secondary N) is 1. The minimum absolute atomic E-state index is 0.178. The van der Waals surface area contributed by atoms with Crippen molar-refractivity contribution in [3.8, 4) is 0 Å². The van der Waals surface area contributed by atoms with Gasteiger partial charge in [-0.15, -0.1) is 0 Å². The van der Waals surface area contributed by atoms with Crippen LogP contribution in [0.25, 0.3) is 0 Å². The minimum atomic E-state index is -0.409. The molecule has 0 aromatic heterocycles. The highest BCUT2D eigenvalue weighted by Crippen LogP contribution is 2.18. The summed E-state index contributed by atoms with van der Waals surface area (Å²) in [5.41, 5.74) is -0.409. The summed E-state index contributed by atoms with van der Waals surface area (Å²) in [7, 11) is 0. The van der Waals surface area contributed by atoms with E-state index >= 15 is 0 Å². The molecule has 122 valence electrons. The fourth-order valence-corrected chi connectivity index (χ4v) is 3.26. The predicted octanol–water partition coefficient (Wildman–Crippen LogP) is 2.07. The van der Waals surface area contributed by atoms with Crippen molar-refractivity contribution in [1.29, 1.82) is 0 Å². The number of rotatable bonds is 4. The van der Waals surface area contributed by atoms with Crippen LogP contribution >= 0.6 is 0 Å².